The summed E-state index contributed by atoms with van der Waals surface area (Å²) >= 11 is 0. The Morgan fingerprint density at radius 3 is 2.57 bits per heavy atom. The fourth-order valence-electron chi connectivity index (χ4n) is 2.33. The predicted molar refractivity (Wildman–Crippen MR) is 53.4 cm³/mol. The van der Waals surface area contributed by atoms with Gasteiger partial charge in [0, 0.05) is 5.92 Å². The molecule has 0 aromatic rings. The molecule has 1 aliphatic rings. The average molecular weight is 200 g/mol. The number of ether oxygens (including phenoxy) is 1. The lowest BCUT2D eigenvalue weighted by Crippen LogP contribution is -2.43. The van der Waals surface area contributed by atoms with E-state index in [0.717, 1.165) is 19.3 Å². The SMILES string of the molecule is CCC[C@@H]1C(C)C(O)OC(=O)[C@@H]1CC. The molecule has 0 saturated carbocycles. The van der Waals surface area contributed by atoms with Gasteiger partial charge >= 0.3 is 5.97 Å². The van der Waals surface area contributed by atoms with Gasteiger partial charge in [0.05, 0.1) is 5.92 Å². The Morgan fingerprint density at radius 2 is 2.07 bits per heavy atom. The Balaban J connectivity index is 2.75. The van der Waals surface area contributed by atoms with E-state index in [9.17, 15) is 9.90 Å². The van der Waals surface area contributed by atoms with Crippen molar-refractivity contribution in [2.75, 3.05) is 0 Å². The molecule has 1 heterocycles. The summed E-state index contributed by atoms with van der Waals surface area (Å²) in [5, 5.41) is 9.52. The number of esters is 1. The molecular weight excluding hydrogens is 180 g/mol. The molecule has 1 rings (SSSR count). The van der Waals surface area contributed by atoms with Crippen LogP contribution in [0.25, 0.3) is 0 Å². The van der Waals surface area contributed by atoms with E-state index >= 15 is 0 Å². The number of hydrogen-bond donors (Lipinski definition) is 1. The number of aliphatic hydroxyl groups is 1. The highest BCUT2D eigenvalue weighted by Crippen LogP contribution is 2.36. The van der Waals surface area contributed by atoms with Gasteiger partial charge in [-0.3, -0.25) is 4.79 Å². The van der Waals surface area contributed by atoms with Gasteiger partial charge in [0.25, 0.3) is 0 Å². The van der Waals surface area contributed by atoms with E-state index in [0.29, 0.717) is 0 Å². The molecule has 0 amide bonds. The van der Waals surface area contributed by atoms with Crippen LogP contribution in [0.5, 0.6) is 0 Å². The topological polar surface area (TPSA) is 46.5 Å². The Bertz CT molecular complexity index is 203. The summed E-state index contributed by atoms with van der Waals surface area (Å²) in [6.45, 7) is 6.06. The molecule has 0 aromatic heterocycles. The van der Waals surface area contributed by atoms with Crippen molar-refractivity contribution in [2.45, 2.75) is 46.3 Å². The second-order valence-corrected chi connectivity index (χ2v) is 4.15. The normalized spacial score (nSPS) is 38.1. The second kappa shape index (κ2) is 4.78. The van der Waals surface area contributed by atoms with Crippen molar-refractivity contribution >= 4 is 5.97 Å². The molecule has 1 aliphatic heterocycles. The van der Waals surface area contributed by atoms with Crippen LogP contribution in [-0.2, 0) is 9.53 Å². The van der Waals surface area contributed by atoms with Crippen molar-refractivity contribution in [3.8, 4) is 0 Å². The first kappa shape index (κ1) is 11.5. The number of hydrogen-bond acceptors (Lipinski definition) is 3. The maximum atomic E-state index is 11.5. The highest BCUT2D eigenvalue weighted by Gasteiger charge is 2.41. The van der Waals surface area contributed by atoms with Gasteiger partial charge in [-0.2, -0.15) is 0 Å². The summed E-state index contributed by atoms with van der Waals surface area (Å²) in [4.78, 5) is 11.5. The van der Waals surface area contributed by atoms with Crippen LogP contribution in [-0.4, -0.2) is 17.4 Å². The van der Waals surface area contributed by atoms with E-state index in [4.69, 9.17) is 4.74 Å². The average Bonchev–Trinajstić information content (AvgIpc) is 2.14. The number of aliphatic hydroxyl groups excluding tert-OH is 1. The summed E-state index contributed by atoms with van der Waals surface area (Å²) in [6, 6.07) is 0. The van der Waals surface area contributed by atoms with Crippen molar-refractivity contribution in [3.63, 3.8) is 0 Å². The van der Waals surface area contributed by atoms with Gasteiger partial charge in [-0.1, -0.05) is 27.2 Å². The molecule has 3 nitrogen and oxygen atoms in total. The Kier molecular flexibility index (Phi) is 3.93. The predicted octanol–water partition coefficient (Wildman–Crippen LogP) is 1.94. The quantitative estimate of drug-likeness (QED) is 0.708. The standard InChI is InChI=1S/C11H20O3/c1-4-6-9-7(3)10(12)14-11(13)8(9)5-2/h7-10,12H,4-6H2,1-3H3/t7?,8-,9-,10?/m1/s1. The number of carbonyl (C=O) groups excluding carboxylic acids is 1. The summed E-state index contributed by atoms with van der Waals surface area (Å²) in [7, 11) is 0. The summed E-state index contributed by atoms with van der Waals surface area (Å²) in [5.41, 5.74) is 0. The lowest BCUT2D eigenvalue weighted by Gasteiger charge is -2.37. The van der Waals surface area contributed by atoms with Gasteiger partial charge in [-0.05, 0) is 18.8 Å². The fourth-order valence-corrected chi connectivity index (χ4v) is 2.33. The lowest BCUT2D eigenvalue weighted by molar-refractivity contribution is -0.206. The fraction of sp³-hybridized carbons (Fsp3) is 0.909. The molecule has 2 unspecified atom stereocenters. The first-order valence-electron chi connectivity index (χ1n) is 5.50. The Hall–Kier alpha value is -0.570. The molecule has 0 aliphatic carbocycles. The Labute approximate surface area is 85.5 Å². The zero-order chi connectivity index (χ0) is 10.7. The highest BCUT2D eigenvalue weighted by molar-refractivity contribution is 5.73. The monoisotopic (exact) mass is 200 g/mol. The maximum absolute atomic E-state index is 11.5. The van der Waals surface area contributed by atoms with Crippen LogP contribution in [0.2, 0.25) is 0 Å². The molecule has 0 radical (unpaired) electrons. The van der Waals surface area contributed by atoms with Crippen molar-refractivity contribution < 1.29 is 14.6 Å². The van der Waals surface area contributed by atoms with Crippen LogP contribution in [0.3, 0.4) is 0 Å². The smallest absolute Gasteiger partial charge is 0.311 e. The van der Waals surface area contributed by atoms with E-state index in [-0.39, 0.29) is 23.7 Å². The third kappa shape index (κ3) is 2.08. The van der Waals surface area contributed by atoms with Crippen molar-refractivity contribution in [3.05, 3.63) is 0 Å². The van der Waals surface area contributed by atoms with E-state index < -0.39 is 6.29 Å². The molecule has 1 fully saturated rings. The van der Waals surface area contributed by atoms with Crippen LogP contribution >= 0.6 is 0 Å². The van der Waals surface area contributed by atoms with E-state index in [1.807, 2.05) is 13.8 Å². The van der Waals surface area contributed by atoms with Crippen molar-refractivity contribution in [1.29, 1.82) is 0 Å². The number of cyclic esters (lactones) is 1. The minimum absolute atomic E-state index is 0.0200. The zero-order valence-corrected chi connectivity index (χ0v) is 9.19. The molecule has 0 bridgehead atoms. The van der Waals surface area contributed by atoms with Crippen LogP contribution < -0.4 is 0 Å². The third-order valence-corrected chi connectivity index (χ3v) is 3.24. The van der Waals surface area contributed by atoms with Gasteiger partial charge < -0.3 is 9.84 Å². The minimum atomic E-state index is -0.901. The van der Waals surface area contributed by atoms with Crippen LogP contribution in [0.1, 0.15) is 40.0 Å². The van der Waals surface area contributed by atoms with Crippen molar-refractivity contribution in [2.24, 2.45) is 17.8 Å². The number of carbonyl (C=O) groups is 1. The van der Waals surface area contributed by atoms with Gasteiger partial charge in [0.1, 0.15) is 0 Å². The molecule has 82 valence electrons. The molecule has 3 heteroatoms. The van der Waals surface area contributed by atoms with Crippen molar-refractivity contribution in [1.82, 2.24) is 0 Å². The van der Waals surface area contributed by atoms with Gasteiger partial charge in [0.15, 0.2) is 0 Å². The lowest BCUT2D eigenvalue weighted by atomic mass is 9.76. The number of rotatable bonds is 3. The Morgan fingerprint density at radius 1 is 1.43 bits per heavy atom. The van der Waals surface area contributed by atoms with Crippen LogP contribution in [0, 0.1) is 17.8 Å². The first-order valence-corrected chi connectivity index (χ1v) is 5.50. The molecule has 1 N–H and O–H groups in total. The zero-order valence-electron chi connectivity index (χ0n) is 9.19. The molecular formula is C11H20O3. The maximum Gasteiger partial charge on any atom is 0.311 e. The van der Waals surface area contributed by atoms with Crippen LogP contribution in [0.15, 0.2) is 0 Å². The third-order valence-electron chi connectivity index (χ3n) is 3.24. The van der Waals surface area contributed by atoms with Gasteiger partial charge in [0.2, 0.25) is 6.29 Å². The van der Waals surface area contributed by atoms with Crippen LogP contribution in [0.4, 0.5) is 0 Å². The summed E-state index contributed by atoms with van der Waals surface area (Å²) in [5.74, 6) is 0.101. The summed E-state index contributed by atoms with van der Waals surface area (Å²) in [6.07, 6.45) is 1.94. The minimum Gasteiger partial charge on any atom is -0.435 e. The molecule has 0 aromatic carbocycles. The molecule has 0 spiro atoms. The van der Waals surface area contributed by atoms with E-state index in [1.54, 1.807) is 0 Å². The first-order chi connectivity index (χ1) is 6.61. The summed E-state index contributed by atoms with van der Waals surface area (Å²) < 4.78 is 4.90. The second-order valence-electron chi connectivity index (χ2n) is 4.15. The van der Waals surface area contributed by atoms with Gasteiger partial charge in [-0.25, -0.2) is 0 Å². The molecule has 4 atom stereocenters. The molecule has 14 heavy (non-hydrogen) atoms. The van der Waals surface area contributed by atoms with E-state index in [1.165, 1.54) is 0 Å². The molecule has 1 saturated heterocycles. The largest absolute Gasteiger partial charge is 0.435 e. The van der Waals surface area contributed by atoms with Gasteiger partial charge in [-0.15, -0.1) is 0 Å². The highest BCUT2D eigenvalue weighted by atomic mass is 16.6. The van der Waals surface area contributed by atoms with E-state index in [2.05, 4.69) is 6.92 Å².